The number of fused-ring (bicyclic) bond motifs is 1. The summed E-state index contributed by atoms with van der Waals surface area (Å²) in [6, 6.07) is -0.146. The van der Waals surface area contributed by atoms with Crippen molar-refractivity contribution >= 4 is 17.7 Å². The molecule has 0 spiro atoms. The highest BCUT2D eigenvalue weighted by Gasteiger charge is 2.28. The molecule has 3 N–H and O–H groups in total. The van der Waals surface area contributed by atoms with Crippen molar-refractivity contribution in [2.45, 2.75) is 83.6 Å². The van der Waals surface area contributed by atoms with Gasteiger partial charge in [0.05, 0.1) is 0 Å². The molecule has 27 heavy (non-hydrogen) atoms. The SMILES string of the molecule is Cc1c(C(=O)NC(CCC(=O)O)CC2CCCCC2)[nH]c2c1C(=O)CCC2. The van der Waals surface area contributed by atoms with E-state index in [-0.39, 0.29) is 24.2 Å². The van der Waals surface area contributed by atoms with Crippen LogP contribution in [0.4, 0.5) is 0 Å². The van der Waals surface area contributed by atoms with Crippen LogP contribution < -0.4 is 5.32 Å². The van der Waals surface area contributed by atoms with Gasteiger partial charge in [-0.1, -0.05) is 32.1 Å². The molecule has 0 aliphatic heterocycles. The third kappa shape index (κ3) is 4.79. The van der Waals surface area contributed by atoms with E-state index in [9.17, 15) is 14.4 Å². The van der Waals surface area contributed by atoms with Gasteiger partial charge in [-0.05, 0) is 44.1 Å². The maximum Gasteiger partial charge on any atom is 0.303 e. The molecular formula is C21H30N2O4. The van der Waals surface area contributed by atoms with Crippen molar-refractivity contribution in [3.8, 4) is 0 Å². The summed E-state index contributed by atoms with van der Waals surface area (Å²) in [7, 11) is 0. The Morgan fingerprint density at radius 1 is 1.19 bits per heavy atom. The van der Waals surface area contributed by atoms with E-state index in [0.717, 1.165) is 43.4 Å². The Morgan fingerprint density at radius 2 is 1.93 bits per heavy atom. The minimum Gasteiger partial charge on any atom is -0.481 e. The Bertz CT molecular complexity index is 716. The summed E-state index contributed by atoms with van der Waals surface area (Å²) in [6.45, 7) is 1.82. The zero-order chi connectivity index (χ0) is 19.4. The largest absolute Gasteiger partial charge is 0.481 e. The number of hydrogen-bond acceptors (Lipinski definition) is 3. The van der Waals surface area contributed by atoms with Crippen molar-refractivity contribution in [3.05, 3.63) is 22.5 Å². The van der Waals surface area contributed by atoms with Gasteiger partial charge in [-0.25, -0.2) is 0 Å². The number of carbonyl (C=O) groups is 3. The molecular weight excluding hydrogens is 344 g/mol. The Labute approximate surface area is 160 Å². The molecule has 1 saturated carbocycles. The lowest BCUT2D eigenvalue weighted by Gasteiger charge is -2.27. The fraction of sp³-hybridized carbons (Fsp3) is 0.667. The topological polar surface area (TPSA) is 99.3 Å². The lowest BCUT2D eigenvalue weighted by atomic mass is 9.84. The maximum atomic E-state index is 12.9. The molecule has 1 atom stereocenters. The van der Waals surface area contributed by atoms with Crippen molar-refractivity contribution < 1.29 is 19.5 Å². The molecule has 0 radical (unpaired) electrons. The summed E-state index contributed by atoms with van der Waals surface area (Å²) >= 11 is 0. The highest BCUT2D eigenvalue weighted by Crippen LogP contribution is 2.29. The quantitative estimate of drug-likeness (QED) is 0.676. The van der Waals surface area contributed by atoms with E-state index >= 15 is 0 Å². The Kier molecular flexibility index (Phi) is 6.34. The van der Waals surface area contributed by atoms with Crippen LogP contribution >= 0.6 is 0 Å². The Morgan fingerprint density at radius 3 is 2.59 bits per heavy atom. The summed E-state index contributed by atoms with van der Waals surface area (Å²) in [5, 5.41) is 12.1. The molecule has 1 aromatic rings. The van der Waals surface area contributed by atoms with Crippen molar-refractivity contribution in [3.63, 3.8) is 0 Å². The number of hydrogen-bond donors (Lipinski definition) is 3. The molecule has 1 unspecified atom stereocenters. The third-order valence-electron chi connectivity index (χ3n) is 6.05. The smallest absolute Gasteiger partial charge is 0.303 e. The summed E-state index contributed by atoms with van der Waals surface area (Å²) < 4.78 is 0. The minimum atomic E-state index is -0.838. The number of rotatable bonds is 7. The molecule has 2 aliphatic rings. The first-order chi connectivity index (χ1) is 13.0. The van der Waals surface area contributed by atoms with Crippen molar-refractivity contribution in [2.24, 2.45) is 5.92 Å². The molecule has 1 amide bonds. The van der Waals surface area contributed by atoms with E-state index in [4.69, 9.17) is 5.11 Å². The number of carboxylic acid groups (broad SMARTS) is 1. The Balaban J connectivity index is 1.71. The molecule has 1 heterocycles. The highest BCUT2D eigenvalue weighted by atomic mass is 16.4. The van der Waals surface area contributed by atoms with Crippen LogP contribution in [0.25, 0.3) is 0 Å². The molecule has 148 valence electrons. The molecule has 0 aromatic carbocycles. The van der Waals surface area contributed by atoms with E-state index in [1.165, 1.54) is 19.3 Å². The number of carboxylic acids is 1. The summed E-state index contributed by atoms with van der Waals surface area (Å²) in [6.07, 6.45) is 9.48. The van der Waals surface area contributed by atoms with Gasteiger partial charge in [-0.15, -0.1) is 0 Å². The molecule has 6 nitrogen and oxygen atoms in total. The van der Waals surface area contributed by atoms with Crippen molar-refractivity contribution in [2.75, 3.05) is 0 Å². The summed E-state index contributed by atoms with van der Waals surface area (Å²) in [5.74, 6) is -0.401. The lowest BCUT2D eigenvalue weighted by molar-refractivity contribution is -0.137. The molecule has 0 saturated heterocycles. The second kappa shape index (κ2) is 8.72. The highest BCUT2D eigenvalue weighted by molar-refractivity contribution is 6.04. The zero-order valence-electron chi connectivity index (χ0n) is 16.1. The number of Topliss-reactive ketones (excluding diaryl/α,β-unsaturated/α-hetero) is 1. The lowest BCUT2D eigenvalue weighted by Crippen LogP contribution is -2.37. The van der Waals surface area contributed by atoms with Gasteiger partial charge in [0.15, 0.2) is 5.78 Å². The molecule has 1 fully saturated rings. The van der Waals surface area contributed by atoms with Gasteiger partial charge in [0.25, 0.3) is 5.91 Å². The van der Waals surface area contributed by atoms with Crippen LogP contribution in [-0.2, 0) is 11.2 Å². The van der Waals surface area contributed by atoms with E-state index in [0.29, 0.717) is 30.0 Å². The van der Waals surface area contributed by atoms with Gasteiger partial charge in [0.2, 0.25) is 0 Å². The number of aromatic amines is 1. The molecule has 3 rings (SSSR count). The monoisotopic (exact) mass is 374 g/mol. The molecule has 0 bridgehead atoms. The van der Waals surface area contributed by atoms with E-state index in [2.05, 4.69) is 10.3 Å². The van der Waals surface area contributed by atoms with E-state index in [1.54, 1.807) is 0 Å². The number of carbonyl (C=O) groups excluding carboxylic acids is 2. The predicted molar refractivity (Wildman–Crippen MR) is 102 cm³/mol. The van der Waals surface area contributed by atoms with E-state index in [1.807, 2.05) is 6.92 Å². The predicted octanol–water partition coefficient (Wildman–Crippen LogP) is 3.78. The number of aromatic nitrogens is 1. The Hall–Kier alpha value is -2.11. The van der Waals surface area contributed by atoms with Gasteiger partial charge in [0.1, 0.15) is 5.69 Å². The van der Waals surface area contributed by atoms with E-state index < -0.39 is 5.97 Å². The standard InChI is InChI=1S/C21H30N2O4/c1-13-19-16(8-5-9-17(19)24)23-20(13)21(27)22-15(10-11-18(25)26)12-14-6-3-2-4-7-14/h14-15,23H,2-12H2,1H3,(H,22,27)(H,25,26). The van der Waals surface area contributed by atoms with Crippen LogP contribution in [0, 0.1) is 12.8 Å². The second-order valence-electron chi connectivity index (χ2n) is 8.10. The maximum absolute atomic E-state index is 12.9. The number of ketones is 1. The van der Waals surface area contributed by atoms with Crippen LogP contribution in [0.3, 0.4) is 0 Å². The number of aliphatic carboxylic acids is 1. The first kappa shape index (κ1) is 19.6. The fourth-order valence-electron chi connectivity index (χ4n) is 4.63. The van der Waals surface area contributed by atoms with Crippen LogP contribution in [0.5, 0.6) is 0 Å². The van der Waals surface area contributed by atoms with Crippen LogP contribution in [0.1, 0.15) is 96.3 Å². The number of H-pyrrole nitrogens is 1. The van der Waals surface area contributed by atoms with Gasteiger partial charge in [-0.3, -0.25) is 14.4 Å². The second-order valence-corrected chi connectivity index (χ2v) is 8.10. The van der Waals surface area contributed by atoms with Crippen LogP contribution in [0.15, 0.2) is 0 Å². The average Bonchev–Trinajstić information content (AvgIpc) is 2.98. The summed E-state index contributed by atoms with van der Waals surface area (Å²) in [4.78, 5) is 39.2. The third-order valence-corrected chi connectivity index (χ3v) is 6.05. The van der Waals surface area contributed by atoms with Gasteiger partial charge in [0, 0.05) is 30.1 Å². The van der Waals surface area contributed by atoms with Gasteiger partial charge in [-0.2, -0.15) is 0 Å². The number of nitrogens with one attached hydrogen (secondary N) is 2. The van der Waals surface area contributed by atoms with Crippen molar-refractivity contribution in [1.29, 1.82) is 0 Å². The fourth-order valence-corrected chi connectivity index (χ4v) is 4.63. The molecule has 6 heteroatoms. The zero-order valence-corrected chi connectivity index (χ0v) is 16.1. The first-order valence-corrected chi connectivity index (χ1v) is 10.2. The van der Waals surface area contributed by atoms with Crippen LogP contribution in [-0.4, -0.2) is 33.8 Å². The number of amides is 1. The van der Waals surface area contributed by atoms with Crippen molar-refractivity contribution in [1.82, 2.24) is 10.3 Å². The van der Waals surface area contributed by atoms with Gasteiger partial charge >= 0.3 is 5.97 Å². The number of aryl methyl sites for hydroxylation is 1. The van der Waals surface area contributed by atoms with Gasteiger partial charge < -0.3 is 15.4 Å². The first-order valence-electron chi connectivity index (χ1n) is 10.2. The molecule has 1 aromatic heterocycles. The average molecular weight is 374 g/mol. The normalized spacial score (nSPS) is 18.8. The van der Waals surface area contributed by atoms with Crippen LogP contribution in [0.2, 0.25) is 0 Å². The molecule has 2 aliphatic carbocycles. The summed E-state index contributed by atoms with van der Waals surface area (Å²) in [5.41, 5.74) is 2.73. The minimum absolute atomic E-state index is 0.0519.